The van der Waals surface area contributed by atoms with Gasteiger partial charge in [-0.25, -0.2) is 0 Å². The third kappa shape index (κ3) is 3.45. The van der Waals surface area contributed by atoms with Crippen LogP contribution in [-0.4, -0.2) is 11.0 Å². The van der Waals surface area contributed by atoms with Gasteiger partial charge in [0.05, 0.1) is 0 Å². The predicted molar refractivity (Wildman–Crippen MR) is 82.0 cm³/mol. The molecule has 0 bridgehead atoms. The van der Waals surface area contributed by atoms with Gasteiger partial charge in [-0.15, -0.1) is 0 Å². The summed E-state index contributed by atoms with van der Waals surface area (Å²) in [5.41, 5.74) is 7.70. The molecule has 2 rings (SSSR count). The first-order chi connectivity index (χ1) is 8.69. The van der Waals surface area contributed by atoms with Crippen LogP contribution in [0.15, 0.2) is 24.3 Å². The lowest BCUT2D eigenvalue weighted by Crippen LogP contribution is -2.25. The first-order valence-corrected chi connectivity index (χ1v) is 7.26. The van der Waals surface area contributed by atoms with Crippen LogP contribution in [0.2, 0.25) is 0 Å². The Balaban J connectivity index is 1.88. The molecular formula is C15H22N2S. The van der Waals surface area contributed by atoms with Gasteiger partial charge in [0.1, 0.15) is 4.99 Å². The molecular weight excluding hydrogens is 240 g/mol. The van der Waals surface area contributed by atoms with Gasteiger partial charge in [-0.1, -0.05) is 25.6 Å². The fraction of sp³-hybridized carbons (Fsp3) is 0.533. The molecule has 1 saturated carbocycles. The molecule has 0 aromatic heterocycles. The van der Waals surface area contributed by atoms with E-state index in [2.05, 4.69) is 24.4 Å². The minimum absolute atomic E-state index is 0.463. The van der Waals surface area contributed by atoms with Crippen molar-refractivity contribution >= 4 is 22.9 Å². The molecule has 0 spiro atoms. The zero-order valence-corrected chi connectivity index (χ0v) is 11.8. The zero-order chi connectivity index (χ0) is 13.0. The Bertz CT molecular complexity index is 391. The van der Waals surface area contributed by atoms with Crippen LogP contribution in [0.5, 0.6) is 0 Å². The molecule has 3 heteroatoms. The van der Waals surface area contributed by atoms with Crippen molar-refractivity contribution in [2.75, 3.05) is 5.32 Å². The third-order valence-electron chi connectivity index (χ3n) is 3.96. The van der Waals surface area contributed by atoms with Crippen molar-refractivity contribution < 1.29 is 0 Å². The van der Waals surface area contributed by atoms with Crippen LogP contribution >= 0.6 is 12.2 Å². The monoisotopic (exact) mass is 262 g/mol. The molecule has 1 aliphatic carbocycles. The normalized spacial score (nSPS) is 23.6. The Morgan fingerprint density at radius 1 is 1.22 bits per heavy atom. The van der Waals surface area contributed by atoms with Crippen LogP contribution < -0.4 is 11.1 Å². The van der Waals surface area contributed by atoms with Crippen molar-refractivity contribution in [3.05, 3.63) is 29.8 Å². The van der Waals surface area contributed by atoms with E-state index in [1.165, 1.54) is 37.8 Å². The summed E-state index contributed by atoms with van der Waals surface area (Å²) in [5, 5.41) is 3.61. The Labute approximate surface area is 115 Å². The Kier molecular flexibility index (Phi) is 4.59. The van der Waals surface area contributed by atoms with E-state index in [1.54, 1.807) is 0 Å². The van der Waals surface area contributed by atoms with Crippen LogP contribution in [0.4, 0.5) is 5.69 Å². The lowest BCUT2D eigenvalue weighted by atomic mass is 9.84. The van der Waals surface area contributed by atoms with E-state index in [0.29, 0.717) is 11.0 Å². The van der Waals surface area contributed by atoms with E-state index in [-0.39, 0.29) is 0 Å². The standard InChI is InChI=1S/C15H22N2S/c1-2-11-3-7-13(8-4-11)17-14-9-5-12(6-10-14)15(16)18/h5-6,9-11,13,17H,2-4,7-8H2,1H3,(H2,16,18). The number of nitrogens with one attached hydrogen (secondary N) is 1. The van der Waals surface area contributed by atoms with Gasteiger partial charge in [-0.2, -0.15) is 0 Å². The Hall–Kier alpha value is -1.09. The van der Waals surface area contributed by atoms with Crippen molar-refractivity contribution in [3.8, 4) is 0 Å². The quantitative estimate of drug-likeness (QED) is 0.813. The molecule has 1 aliphatic rings. The molecule has 1 aromatic carbocycles. The topological polar surface area (TPSA) is 38.0 Å². The summed E-state index contributed by atoms with van der Waals surface area (Å²) in [7, 11) is 0. The van der Waals surface area contributed by atoms with Gasteiger partial charge in [0, 0.05) is 17.3 Å². The van der Waals surface area contributed by atoms with Crippen LogP contribution in [-0.2, 0) is 0 Å². The number of hydrogen-bond acceptors (Lipinski definition) is 2. The fourth-order valence-corrected chi connectivity index (χ4v) is 2.82. The summed E-state index contributed by atoms with van der Waals surface area (Å²) >= 11 is 4.95. The van der Waals surface area contributed by atoms with E-state index in [4.69, 9.17) is 18.0 Å². The summed E-state index contributed by atoms with van der Waals surface area (Å²) in [6, 6.07) is 8.74. The van der Waals surface area contributed by atoms with Crippen molar-refractivity contribution in [1.29, 1.82) is 0 Å². The third-order valence-corrected chi connectivity index (χ3v) is 4.20. The molecule has 0 atom stereocenters. The second-order valence-corrected chi connectivity index (χ2v) is 5.65. The molecule has 0 radical (unpaired) electrons. The van der Waals surface area contributed by atoms with Crippen LogP contribution in [0.1, 0.15) is 44.6 Å². The maximum Gasteiger partial charge on any atom is 0.103 e. The maximum atomic E-state index is 5.59. The van der Waals surface area contributed by atoms with Gasteiger partial charge in [0.15, 0.2) is 0 Å². The highest BCUT2D eigenvalue weighted by molar-refractivity contribution is 7.80. The lowest BCUT2D eigenvalue weighted by Gasteiger charge is -2.29. The molecule has 18 heavy (non-hydrogen) atoms. The summed E-state index contributed by atoms with van der Waals surface area (Å²) in [6.07, 6.45) is 6.62. The van der Waals surface area contributed by atoms with Gasteiger partial charge in [-0.05, 0) is 55.9 Å². The molecule has 0 aliphatic heterocycles. The average molecular weight is 262 g/mol. The summed E-state index contributed by atoms with van der Waals surface area (Å²) in [4.78, 5) is 0.463. The second-order valence-electron chi connectivity index (χ2n) is 5.21. The lowest BCUT2D eigenvalue weighted by molar-refractivity contribution is 0.330. The van der Waals surface area contributed by atoms with Gasteiger partial charge < -0.3 is 11.1 Å². The van der Waals surface area contributed by atoms with E-state index >= 15 is 0 Å². The fourth-order valence-electron chi connectivity index (χ4n) is 2.68. The smallest absolute Gasteiger partial charge is 0.103 e. The molecule has 3 N–H and O–H groups in total. The van der Waals surface area contributed by atoms with Gasteiger partial charge in [0.2, 0.25) is 0 Å². The first kappa shape index (κ1) is 13.3. The van der Waals surface area contributed by atoms with Crippen LogP contribution in [0, 0.1) is 5.92 Å². The number of nitrogens with two attached hydrogens (primary N) is 1. The summed E-state index contributed by atoms with van der Waals surface area (Å²) in [6.45, 7) is 2.30. The molecule has 1 aromatic rings. The van der Waals surface area contributed by atoms with E-state index < -0.39 is 0 Å². The SMILES string of the molecule is CCC1CCC(Nc2ccc(C(N)=S)cc2)CC1. The minimum Gasteiger partial charge on any atom is -0.389 e. The Morgan fingerprint density at radius 2 is 1.83 bits per heavy atom. The highest BCUT2D eigenvalue weighted by Crippen LogP contribution is 2.28. The zero-order valence-electron chi connectivity index (χ0n) is 11.0. The highest BCUT2D eigenvalue weighted by Gasteiger charge is 2.19. The van der Waals surface area contributed by atoms with Gasteiger partial charge >= 0.3 is 0 Å². The predicted octanol–water partition coefficient (Wildman–Crippen LogP) is 3.70. The molecule has 98 valence electrons. The molecule has 0 unspecified atom stereocenters. The number of rotatable bonds is 4. The molecule has 0 saturated heterocycles. The molecule has 2 nitrogen and oxygen atoms in total. The van der Waals surface area contributed by atoms with Gasteiger partial charge in [-0.3, -0.25) is 0 Å². The number of thiocarbonyl (C=S) groups is 1. The molecule has 1 fully saturated rings. The first-order valence-electron chi connectivity index (χ1n) is 6.85. The van der Waals surface area contributed by atoms with Crippen molar-refractivity contribution in [3.63, 3.8) is 0 Å². The minimum atomic E-state index is 0.463. The average Bonchev–Trinajstić information content (AvgIpc) is 2.40. The second kappa shape index (κ2) is 6.19. The van der Waals surface area contributed by atoms with Gasteiger partial charge in [0.25, 0.3) is 0 Å². The van der Waals surface area contributed by atoms with Crippen molar-refractivity contribution in [2.24, 2.45) is 11.7 Å². The summed E-state index contributed by atoms with van der Waals surface area (Å²) in [5.74, 6) is 0.944. The molecule has 0 amide bonds. The van der Waals surface area contributed by atoms with Crippen LogP contribution in [0.3, 0.4) is 0 Å². The van der Waals surface area contributed by atoms with E-state index in [9.17, 15) is 0 Å². The Morgan fingerprint density at radius 3 is 2.33 bits per heavy atom. The summed E-state index contributed by atoms with van der Waals surface area (Å²) < 4.78 is 0. The van der Waals surface area contributed by atoms with E-state index in [0.717, 1.165) is 11.5 Å². The maximum absolute atomic E-state index is 5.59. The van der Waals surface area contributed by atoms with Crippen LogP contribution in [0.25, 0.3) is 0 Å². The number of anilines is 1. The number of hydrogen-bond donors (Lipinski definition) is 2. The largest absolute Gasteiger partial charge is 0.389 e. The molecule has 0 heterocycles. The highest BCUT2D eigenvalue weighted by atomic mass is 32.1. The van der Waals surface area contributed by atoms with Crippen molar-refractivity contribution in [2.45, 2.75) is 45.1 Å². The number of benzene rings is 1. The van der Waals surface area contributed by atoms with Crippen molar-refractivity contribution in [1.82, 2.24) is 0 Å². The van der Waals surface area contributed by atoms with E-state index in [1.807, 2.05) is 12.1 Å².